The van der Waals surface area contributed by atoms with E-state index in [0.717, 1.165) is 19.3 Å². The van der Waals surface area contributed by atoms with E-state index in [9.17, 15) is 22.4 Å². The van der Waals surface area contributed by atoms with Crippen LogP contribution in [0.1, 0.15) is 41.6 Å². The number of unbranched alkanes of at least 4 members (excludes halogenated alkanes) is 3. The van der Waals surface area contributed by atoms with Crippen LogP contribution in [-0.4, -0.2) is 18.3 Å². The van der Waals surface area contributed by atoms with Crippen LogP contribution in [0.5, 0.6) is 0 Å². The number of carbonyl (C=O) groups excluding carboxylic acids is 1. The van der Waals surface area contributed by atoms with Crippen molar-refractivity contribution >= 4 is 17.5 Å². The van der Waals surface area contributed by atoms with Crippen LogP contribution in [0.15, 0.2) is 18.2 Å². The van der Waals surface area contributed by atoms with E-state index in [2.05, 4.69) is 5.32 Å². The molecule has 1 aromatic carbocycles. The molecule has 0 atom stereocenters. The van der Waals surface area contributed by atoms with Crippen molar-refractivity contribution in [2.24, 2.45) is 0 Å². The first kappa shape index (κ1) is 17.8. The molecule has 0 bridgehead atoms. The Morgan fingerprint density at radius 2 is 1.81 bits per heavy atom. The van der Waals surface area contributed by atoms with Crippen LogP contribution in [0.3, 0.4) is 0 Å². The van der Waals surface area contributed by atoms with Crippen LogP contribution >= 0.6 is 11.6 Å². The number of halogens is 5. The van der Waals surface area contributed by atoms with Gasteiger partial charge in [0.15, 0.2) is 0 Å². The van der Waals surface area contributed by atoms with Crippen LogP contribution in [0.2, 0.25) is 0 Å². The summed E-state index contributed by atoms with van der Waals surface area (Å²) >= 11 is 5.51. The fraction of sp³-hybridized carbons (Fsp3) is 0.500. The minimum absolute atomic E-state index is 0.288. The average molecular weight is 326 g/mol. The van der Waals surface area contributed by atoms with Crippen molar-refractivity contribution in [3.8, 4) is 0 Å². The second kappa shape index (κ2) is 8.22. The minimum Gasteiger partial charge on any atom is -0.352 e. The molecule has 0 spiro atoms. The molecule has 0 saturated heterocycles. The van der Waals surface area contributed by atoms with Gasteiger partial charge in [-0.25, -0.2) is 4.39 Å². The molecule has 118 valence electrons. The van der Waals surface area contributed by atoms with Gasteiger partial charge in [0.05, 0.1) is 11.1 Å². The number of hydrogen-bond acceptors (Lipinski definition) is 1. The number of carbonyl (C=O) groups is 1. The number of hydrogen-bond donors (Lipinski definition) is 1. The van der Waals surface area contributed by atoms with Gasteiger partial charge in [0.2, 0.25) is 0 Å². The van der Waals surface area contributed by atoms with Crippen molar-refractivity contribution in [2.45, 2.75) is 31.9 Å². The molecule has 0 fully saturated rings. The van der Waals surface area contributed by atoms with E-state index in [1.165, 1.54) is 0 Å². The van der Waals surface area contributed by atoms with Crippen molar-refractivity contribution < 1.29 is 22.4 Å². The number of benzene rings is 1. The third-order valence-corrected chi connectivity index (χ3v) is 3.15. The van der Waals surface area contributed by atoms with Gasteiger partial charge in [0, 0.05) is 12.4 Å². The molecule has 1 N–H and O–H groups in total. The molecule has 0 aliphatic rings. The third-order valence-electron chi connectivity index (χ3n) is 2.88. The molecule has 0 aliphatic heterocycles. The van der Waals surface area contributed by atoms with Gasteiger partial charge in [-0.1, -0.05) is 12.8 Å². The number of alkyl halides is 4. The zero-order valence-electron chi connectivity index (χ0n) is 11.3. The van der Waals surface area contributed by atoms with Gasteiger partial charge in [0.25, 0.3) is 5.91 Å². The Morgan fingerprint density at radius 3 is 2.43 bits per heavy atom. The topological polar surface area (TPSA) is 29.1 Å². The molecule has 0 aromatic heterocycles. The Bertz CT molecular complexity index is 477. The maximum Gasteiger partial charge on any atom is 0.416 e. The van der Waals surface area contributed by atoms with Crippen molar-refractivity contribution in [2.75, 3.05) is 12.4 Å². The van der Waals surface area contributed by atoms with Crippen LogP contribution < -0.4 is 5.32 Å². The monoisotopic (exact) mass is 325 g/mol. The van der Waals surface area contributed by atoms with Gasteiger partial charge >= 0.3 is 6.18 Å². The van der Waals surface area contributed by atoms with Crippen LogP contribution in [-0.2, 0) is 6.18 Å². The largest absolute Gasteiger partial charge is 0.416 e. The lowest BCUT2D eigenvalue weighted by atomic mass is 10.1. The van der Waals surface area contributed by atoms with E-state index in [4.69, 9.17) is 11.6 Å². The zero-order valence-corrected chi connectivity index (χ0v) is 12.0. The zero-order chi connectivity index (χ0) is 15.9. The summed E-state index contributed by atoms with van der Waals surface area (Å²) in [6.45, 7) is 0.288. The summed E-state index contributed by atoms with van der Waals surface area (Å²) in [7, 11) is 0. The molecular formula is C14H16ClF4NO. The predicted molar refractivity (Wildman–Crippen MR) is 72.9 cm³/mol. The second-order valence-electron chi connectivity index (χ2n) is 4.55. The van der Waals surface area contributed by atoms with Crippen LogP contribution in [0.25, 0.3) is 0 Å². The fourth-order valence-electron chi connectivity index (χ4n) is 1.75. The molecule has 1 amide bonds. The van der Waals surface area contributed by atoms with Crippen LogP contribution in [0, 0.1) is 5.82 Å². The summed E-state index contributed by atoms with van der Waals surface area (Å²) in [6, 6.07) is 1.79. The minimum atomic E-state index is -4.61. The molecule has 0 saturated carbocycles. The first-order valence-electron chi connectivity index (χ1n) is 6.57. The molecule has 0 heterocycles. The predicted octanol–water partition coefficient (Wildman–Crippen LogP) is 4.37. The molecule has 21 heavy (non-hydrogen) atoms. The summed E-state index contributed by atoms with van der Waals surface area (Å²) in [6.07, 6.45) is -1.30. The van der Waals surface area contributed by atoms with Crippen molar-refractivity contribution in [3.05, 3.63) is 35.1 Å². The van der Waals surface area contributed by atoms with Crippen molar-refractivity contribution in [1.29, 1.82) is 0 Å². The van der Waals surface area contributed by atoms with E-state index >= 15 is 0 Å². The smallest absolute Gasteiger partial charge is 0.352 e. The SMILES string of the molecule is O=C(NCCCCCCCl)c1cc(C(F)(F)F)ccc1F. The Morgan fingerprint density at radius 1 is 1.14 bits per heavy atom. The maximum absolute atomic E-state index is 13.4. The summed E-state index contributed by atoms with van der Waals surface area (Å²) < 4.78 is 51.0. The highest BCUT2D eigenvalue weighted by molar-refractivity contribution is 6.17. The first-order valence-corrected chi connectivity index (χ1v) is 7.10. The van der Waals surface area contributed by atoms with E-state index in [1.807, 2.05) is 0 Å². The molecule has 7 heteroatoms. The van der Waals surface area contributed by atoms with Gasteiger partial charge in [-0.15, -0.1) is 11.6 Å². The Labute approximate surface area is 125 Å². The molecule has 1 rings (SSSR count). The lowest BCUT2D eigenvalue weighted by molar-refractivity contribution is -0.137. The Kier molecular flexibility index (Phi) is 6.95. The average Bonchev–Trinajstić information content (AvgIpc) is 2.41. The Balaban J connectivity index is 2.57. The standard InChI is InChI=1S/C14H16ClF4NO/c15-7-3-1-2-4-8-20-13(21)11-9-10(14(17,18)19)5-6-12(11)16/h5-6,9H,1-4,7-8H2,(H,20,21). The Hall–Kier alpha value is -1.30. The normalized spacial score (nSPS) is 11.5. The van der Waals surface area contributed by atoms with E-state index in [-0.39, 0.29) is 6.54 Å². The molecular weight excluding hydrogens is 310 g/mol. The van der Waals surface area contributed by atoms with Gasteiger partial charge in [-0.2, -0.15) is 13.2 Å². The van der Waals surface area contributed by atoms with E-state index < -0.39 is 29.0 Å². The molecule has 0 aliphatic carbocycles. The lowest BCUT2D eigenvalue weighted by Gasteiger charge is -2.10. The summed E-state index contributed by atoms with van der Waals surface area (Å²) in [4.78, 5) is 11.7. The van der Waals surface area contributed by atoms with E-state index in [1.54, 1.807) is 0 Å². The number of rotatable bonds is 7. The summed E-state index contributed by atoms with van der Waals surface area (Å²) in [5.41, 5.74) is -1.64. The van der Waals surface area contributed by atoms with E-state index in [0.29, 0.717) is 30.5 Å². The fourth-order valence-corrected chi connectivity index (χ4v) is 1.93. The van der Waals surface area contributed by atoms with Gasteiger partial charge in [-0.3, -0.25) is 4.79 Å². The first-order chi connectivity index (χ1) is 9.86. The van der Waals surface area contributed by atoms with Crippen molar-refractivity contribution in [3.63, 3.8) is 0 Å². The lowest BCUT2D eigenvalue weighted by Crippen LogP contribution is -2.26. The number of nitrogens with one attached hydrogen (secondary N) is 1. The van der Waals surface area contributed by atoms with Crippen LogP contribution in [0.4, 0.5) is 17.6 Å². The van der Waals surface area contributed by atoms with Crippen molar-refractivity contribution in [1.82, 2.24) is 5.32 Å². The molecule has 0 radical (unpaired) electrons. The molecule has 1 aromatic rings. The number of amides is 1. The highest BCUT2D eigenvalue weighted by atomic mass is 35.5. The molecule has 0 unspecified atom stereocenters. The van der Waals surface area contributed by atoms with Gasteiger partial charge < -0.3 is 5.32 Å². The van der Waals surface area contributed by atoms with Gasteiger partial charge in [-0.05, 0) is 31.0 Å². The quantitative estimate of drug-likeness (QED) is 0.450. The van der Waals surface area contributed by atoms with Gasteiger partial charge in [0.1, 0.15) is 5.82 Å². The maximum atomic E-state index is 13.4. The highest BCUT2D eigenvalue weighted by Crippen LogP contribution is 2.30. The second-order valence-corrected chi connectivity index (χ2v) is 4.93. The third kappa shape index (κ3) is 5.91. The molecule has 2 nitrogen and oxygen atoms in total. The summed E-state index contributed by atoms with van der Waals surface area (Å²) in [5.74, 6) is -1.24. The summed E-state index contributed by atoms with van der Waals surface area (Å²) in [5, 5.41) is 2.42. The highest BCUT2D eigenvalue weighted by Gasteiger charge is 2.31.